The zero-order valence-electron chi connectivity index (χ0n) is 6.11. The number of nitrogens with zero attached hydrogens (tertiary/aromatic N) is 1. The fourth-order valence-corrected chi connectivity index (χ4v) is 0.899. The number of aromatic amines is 1. The highest BCUT2D eigenvalue weighted by atomic mass is 16.5. The van der Waals surface area contributed by atoms with Crippen molar-refractivity contribution in [2.24, 2.45) is 0 Å². The first-order valence-corrected chi connectivity index (χ1v) is 3.41. The first-order valence-electron chi connectivity index (χ1n) is 3.41. The largest absolute Gasteiger partial charge is 0.469 e. The summed E-state index contributed by atoms with van der Waals surface area (Å²) < 4.78 is 9.76. The molecule has 0 radical (unpaired) electrons. The fourth-order valence-electron chi connectivity index (χ4n) is 0.899. The van der Waals surface area contributed by atoms with Gasteiger partial charge in [0.1, 0.15) is 5.76 Å². The van der Waals surface area contributed by atoms with Crippen molar-refractivity contribution in [1.82, 2.24) is 10.1 Å². The normalized spacial score (nSPS) is 10.3. The number of rotatable bonds is 2. The van der Waals surface area contributed by atoms with Crippen molar-refractivity contribution < 1.29 is 8.94 Å². The van der Waals surface area contributed by atoms with Gasteiger partial charge in [-0.05, 0) is 12.1 Å². The van der Waals surface area contributed by atoms with Crippen LogP contribution in [-0.4, -0.2) is 10.1 Å². The number of hydrogen-bond donors (Lipinski definition) is 1. The Kier molecular flexibility index (Phi) is 1.55. The second kappa shape index (κ2) is 2.69. The van der Waals surface area contributed by atoms with E-state index in [1.165, 1.54) is 0 Å². The first kappa shape index (κ1) is 6.90. The van der Waals surface area contributed by atoms with Gasteiger partial charge in [0.2, 0.25) is 5.89 Å². The molecule has 0 aliphatic heterocycles. The van der Waals surface area contributed by atoms with E-state index < -0.39 is 5.69 Å². The fraction of sp³-hybridized carbons (Fsp3) is 0.143. The molecule has 0 aliphatic rings. The van der Waals surface area contributed by atoms with Crippen molar-refractivity contribution >= 4 is 0 Å². The number of hydrogen-bond acceptors (Lipinski definition) is 4. The first-order chi connectivity index (χ1) is 5.84. The van der Waals surface area contributed by atoms with Gasteiger partial charge in [-0.3, -0.25) is 0 Å². The van der Waals surface area contributed by atoms with E-state index in [-0.39, 0.29) is 0 Å². The molecule has 2 aromatic rings. The molecule has 2 rings (SSSR count). The van der Waals surface area contributed by atoms with Gasteiger partial charge in [0.15, 0.2) is 0 Å². The Hall–Kier alpha value is -1.78. The molecule has 0 spiro atoms. The molecular weight excluding hydrogens is 160 g/mol. The Labute approximate surface area is 67.0 Å². The number of aromatic nitrogens is 2. The third-order valence-electron chi connectivity index (χ3n) is 1.39. The molecule has 62 valence electrons. The standard InChI is InChI=1S/C7H6N2O3/c10-7-8-6(12-9-7)4-5-2-1-3-11-5/h1-3H,4H2,(H,9,10). The van der Waals surface area contributed by atoms with E-state index >= 15 is 0 Å². The molecule has 0 bridgehead atoms. The van der Waals surface area contributed by atoms with Crippen molar-refractivity contribution in [1.29, 1.82) is 0 Å². The Balaban J connectivity index is 2.19. The quantitative estimate of drug-likeness (QED) is 0.706. The number of H-pyrrole nitrogens is 1. The second-order valence-corrected chi connectivity index (χ2v) is 2.27. The molecule has 0 unspecified atom stereocenters. The maximum Gasteiger partial charge on any atom is 0.377 e. The van der Waals surface area contributed by atoms with Crippen molar-refractivity contribution in [3.8, 4) is 0 Å². The van der Waals surface area contributed by atoms with Gasteiger partial charge in [-0.15, -0.1) is 0 Å². The molecule has 5 nitrogen and oxygen atoms in total. The van der Waals surface area contributed by atoms with Gasteiger partial charge in [0, 0.05) is 0 Å². The summed E-state index contributed by atoms with van der Waals surface area (Å²) in [6, 6.07) is 3.55. The average molecular weight is 166 g/mol. The van der Waals surface area contributed by atoms with Crippen LogP contribution in [0.4, 0.5) is 0 Å². The molecule has 0 atom stereocenters. The molecule has 0 saturated heterocycles. The highest BCUT2D eigenvalue weighted by Crippen LogP contribution is 2.04. The Morgan fingerprint density at radius 3 is 3.08 bits per heavy atom. The van der Waals surface area contributed by atoms with Crippen LogP contribution in [0.3, 0.4) is 0 Å². The van der Waals surface area contributed by atoms with Gasteiger partial charge in [0.25, 0.3) is 0 Å². The van der Waals surface area contributed by atoms with Crippen LogP contribution in [0.2, 0.25) is 0 Å². The van der Waals surface area contributed by atoms with Crippen LogP contribution in [0.5, 0.6) is 0 Å². The summed E-state index contributed by atoms with van der Waals surface area (Å²) in [7, 11) is 0. The van der Waals surface area contributed by atoms with Crippen molar-refractivity contribution in [2.45, 2.75) is 6.42 Å². The molecule has 0 aliphatic carbocycles. The van der Waals surface area contributed by atoms with Gasteiger partial charge < -0.3 is 8.94 Å². The van der Waals surface area contributed by atoms with Crippen molar-refractivity contribution in [2.75, 3.05) is 0 Å². The summed E-state index contributed by atoms with van der Waals surface area (Å²) in [6.07, 6.45) is 1.95. The molecule has 12 heavy (non-hydrogen) atoms. The predicted molar refractivity (Wildman–Crippen MR) is 38.6 cm³/mol. The molecule has 2 heterocycles. The molecule has 1 N–H and O–H groups in total. The summed E-state index contributed by atoms with van der Waals surface area (Å²) in [4.78, 5) is 14.1. The van der Waals surface area contributed by atoms with Crippen LogP contribution in [0, 0.1) is 0 Å². The summed E-state index contributed by atoms with van der Waals surface area (Å²) in [6.45, 7) is 0. The van der Waals surface area contributed by atoms with Crippen LogP contribution >= 0.6 is 0 Å². The van der Waals surface area contributed by atoms with E-state index in [9.17, 15) is 4.79 Å². The topological polar surface area (TPSA) is 72.0 Å². The van der Waals surface area contributed by atoms with Crippen LogP contribution in [0.1, 0.15) is 11.7 Å². The van der Waals surface area contributed by atoms with Crippen LogP contribution in [-0.2, 0) is 6.42 Å². The predicted octanol–water partition coefficient (Wildman–Crippen LogP) is 0.547. The summed E-state index contributed by atoms with van der Waals surface area (Å²) in [5.74, 6) is 1.04. The maximum absolute atomic E-state index is 10.5. The van der Waals surface area contributed by atoms with Crippen molar-refractivity contribution in [3.05, 3.63) is 40.5 Å². The summed E-state index contributed by atoms with van der Waals surface area (Å²) >= 11 is 0. The van der Waals surface area contributed by atoms with E-state index in [0.29, 0.717) is 18.1 Å². The molecular formula is C7H6N2O3. The number of furan rings is 1. The Morgan fingerprint density at radius 2 is 2.50 bits per heavy atom. The van der Waals surface area contributed by atoms with Crippen molar-refractivity contribution in [3.63, 3.8) is 0 Å². The monoisotopic (exact) mass is 166 g/mol. The molecule has 0 saturated carbocycles. The van der Waals surface area contributed by atoms with E-state index in [1.807, 2.05) is 0 Å². The van der Waals surface area contributed by atoms with Gasteiger partial charge in [-0.2, -0.15) is 10.1 Å². The van der Waals surface area contributed by atoms with Gasteiger partial charge in [0.05, 0.1) is 12.7 Å². The Bertz CT molecular complexity index is 398. The smallest absolute Gasteiger partial charge is 0.377 e. The lowest BCUT2D eigenvalue weighted by atomic mass is 10.3. The van der Waals surface area contributed by atoms with Gasteiger partial charge in [-0.25, -0.2) is 4.79 Å². The minimum absolute atomic E-state index is 0.329. The lowest BCUT2D eigenvalue weighted by molar-refractivity contribution is 0.371. The van der Waals surface area contributed by atoms with E-state index in [2.05, 4.69) is 10.1 Å². The summed E-state index contributed by atoms with van der Waals surface area (Å²) in [5.41, 5.74) is -0.475. The Morgan fingerprint density at radius 1 is 1.58 bits per heavy atom. The zero-order valence-corrected chi connectivity index (χ0v) is 6.11. The van der Waals surface area contributed by atoms with Crippen LogP contribution in [0.25, 0.3) is 0 Å². The van der Waals surface area contributed by atoms with E-state index in [4.69, 9.17) is 8.94 Å². The number of nitrogens with one attached hydrogen (secondary N) is 1. The third-order valence-corrected chi connectivity index (χ3v) is 1.39. The van der Waals surface area contributed by atoms with Crippen LogP contribution in [0.15, 0.2) is 32.1 Å². The molecule has 2 aromatic heterocycles. The van der Waals surface area contributed by atoms with Gasteiger partial charge in [-0.1, -0.05) is 0 Å². The molecule has 0 fully saturated rings. The molecule has 5 heteroatoms. The van der Waals surface area contributed by atoms with E-state index in [0.717, 1.165) is 0 Å². The highest BCUT2D eigenvalue weighted by Gasteiger charge is 2.04. The zero-order chi connectivity index (χ0) is 8.39. The van der Waals surface area contributed by atoms with Gasteiger partial charge >= 0.3 is 5.69 Å². The van der Waals surface area contributed by atoms with Crippen LogP contribution < -0.4 is 5.69 Å². The average Bonchev–Trinajstić information content (AvgIpc) is 2.63. The maximum atomic E-state index is 10.5. The second-order valence-electron chi connectivity index (χ2n) is 2.27. The minimum atomic E-state index is -0.475. The highest BCUT2D eigenvalue weighted by molar-refractivity contribution is 5.03. The van der Waals surface area contributed by atoms with E-state index in [1.54, 1.807) is 18.4 Å². The lowest BCUT2D eigenvalue weighted by Gasteiger charge is -1.86. The third kappa shape index (κ3) is 1.29. The molecule has 0 aromatic carbocycles. The minimum Gasteiger partial charge on any atom is -0.469 e. The summed E-state index contributed by atoms with van der Waals surface area (Å²) in [5, 5.41) is 2.10. The molecule has 0 amide bonds. The SMILES string of the molecule is O=c1nc(Cc2ccco2)o[nH]1. The lowest BCUT2D eigenvalue weighted by Crippen LogP contribution is -2.01.